The highest BCUT2D eigenvalue weighted by atomic mass is 16.5. The van der Waals surface area contributed by atoms with Gasteiger partial charge < -0.3 is 9.15 Å². The SMILES string of the molecule is COc1ccc(-n2c(=O)[nH]c3c(=O)oc4ccc(-c5cnccc5C)cc4c32)cc1. The summed E-state index contributed by atoms with van der Waals surface area (Å²) in [5.41, 5.74) is 3.56. The van der Waals surface area contributed by atoms with Gasteiger partial charge in [-0.2, -0.15) is 0 Å². The number of aromatic nitrogens is 3. The predicted octanol–water partition coefficient (Wildman–Crippen LogP) is 3.80. The van der Waals surface area contributed by atoms with Gasteiger partial charge in [0.05, 0.1) is 18.3 Å². The smallest absolute Gasteiger partial charge is 0.362 e. The summed E-state index contributed by atoms with van der Waals surface area (Å²) in [6.07, 6.45) is 3.53. The van der Waals surface area contributed by atoms with Gasteiger partial charge in [0.15, 0.2) is 5.52 Å². The number of nitrogens with zero attached hydrogens (tertiary/aromatic N) is 2. The quantitative estimate of drug-likeness (QED) is 0.466. The topological polar surface area (TPSA) is 90.1 Å². The van der Waals surface area contributed by atoms with Gasteiger partial charge >= 0.3 is 11.3 Å². The van der Waals surface area contributed by atoms with Crippen LogP contribution in [0.25, 0.3) is 38.8 Å². The van der Waals surface area contributed by atoms with Gasteiger partial charge in [-0.15, -0.1) is 0 Å². The van der Waals surface area contributed by atoms with E-state index >= 15 is 0 Å². The second-order valence-corrected chi connectivity index (χ2v) is 6.98. The number of rotatable bonds is 3. The van der Waals surface area contributed by atoms with Crippen LogP contribution in [-0.2, 0) is 0 Å². The molecular formula is C23H17N3O4. The molecule has 7 heteroatoms. The predicted molar refractivity (Wildman–Crippen MR) is 114 cm³/mol. The summed E-state index contributed by atoms with van der Waals surface area (Å²) in [5.74, 6) is 0.672. The van der Waals surface area contributed by atoms with E-state index in [9.17, 15) is 9.59 Å². The molecule has 0 aliphatic carbocycles. The first-order valence-corrected chi connectivity index (χ1v) is 9.34. The first kappa shape index (κ1) is 17.9. The second-order valence-electron chi connectivity index (χ2n) is 6.98. The van der Waals surface area contributed by atoms with Crippen LogP contribution in [0.15, 0.2) is 74.9 Å². The van der Waals surface area contributed by atoms with Crippen LogP contribution in [0.3, 0.4) is 0 Å². The number of nitrogens with one attached hydrogen (secondary N) is 1. The zero-order valence-corrected chi connectivity index (χ0v) is 16.3. The zero-order chi connectivity index (χ0) is 20.8. The highest BCUT2D eigenvalue weighted by Crippen LogP contribution is 2.30. The molecule has 0 spiro atoms. The molecule has 0 saturated carbocycles. The zero-order valence-electron chi connectivity index (χ0n) is 16.3. The summed E-state index contributed by atoms with van der Waals surface area (Å²) in [6, 6.07) is 14.5. The van der Waals surface area contributed by atoms with Crippen molar-refractivity contribution in [3.63, 3.8) is 0 Å². The normalized spacial score (nSPS) is 11.3. The lowest BCUT2D eigenvalue weighted by Crippen LogP contribution is -2.14. The van der Waals surface area contributed by atoms with Crippen molar-refractivity contribution in [1.29, 1.82) is 0 Å². The Morgan fingerprint density at radius 1 is 1.07 bits per heavy atom. The average molecular weight is 399 g/mol. The molecule has 0 unspecified atom stereocenters. The molecular weight excluding hydrogens is 382 g/mol. The molecule has 1 N–H and O–H groups in total. The van der Waals surface area contributed by atoms with E-state index in [1.165, 1.54) is 4.57 Å². The van der Waals surface area contributed by atoms with Crippen LogP contribution in [0.2, 0.25) is 0 Å². The molecule has 2 aromatic carbocycles. The van der Waals surface area contributed by atoms with Crippen LogP contribution in [-0.4, -0.2) is 21.6 Å². The first-order valence-electron chi connectivity index (χ1n) is 9.34. The van der Waals surface area contributed by atoms with Crippen molar-refractivity contribution in [2.45, 2.75) is 6.92 Å². The lowest BCUT2D eigenvalue weighted by atomic mass is 10.0. The van der Waals surface area contributed by atoms with Gasteiger partial charge in [-0.1, -0.05) is 6.07 Å². The van der Waals surface area contributed by atoms with Crippen LogP contribution in [0.5, 0.6) is 5.75 Å². The summed E-state index contributed by atoms with van der Waals surface area (Å²) in [5, 5.41) is 0.652. The molecule has 0 aliphatic heterocycles. The third-order valence-electron chi connectivity index (χ3n) is 5.22. The highest BCUT2D eigenvalue weighted by Gasteiger charge is 2.18. The number of imidazole rings is 1. The van der Waals surface area contributed by atoms with E-state index in [2.05, 4.69) is 9.97 Å². The Kier molecular flexibility index (Phi) is 4.03. The Morgan fingerprint density at radius 3 is 2.60 bits per heavy atom. The van der Waals surface area contributed by atoms with Crippen molar-refractivity contribution in [2.75, 3.05) is 7.11 Å². The molecule has 30 heavy (non-hydrogen) atoms. The Morgan fingerprint density at radius 2 is 1.87 bits per heavy atom. The molecule has 0 atom stereocenters. The molecule has 0 fully saturated rings. The minimum Gasteiger partial charge on any atom is -0.497 e. The van der Waals surface area contributed by atoms with Gasteiger partial charge in [0.1, 0.15) is 11.3 Å². The van der Waals surface area contributed by atoms with Crippen molar-refractivity contribution in [3.8, 4) is 22.6 Å². The number of hydrogen-bond acceptors (Lipinski definition) is 5. The molecule has 3 heterocycles. The molecule has 0 bridgehead atoms. The number of hydrogen-bond donors (Lipinski definition) is 1. The number of fused-ring (bicyclic) bond motifs is 3. The summed E-state index contributed by atoms with van der Waals surface area (Å²) in [7, 11) is 1.58. The molecule has 7 nitrogen and oxygen atoms in total. The van der Waals surface area contributed by atoms with Gasteiger partial charge in [-0.3, -0.25) is 14.5 Å². The fraction of sp³-hybridized carbons (Fsp3) is 0.0870. The van der Waals surface area contributed by atoms with Crippen LogP contribution >= 0.6 is 0 Å². The number of aryl methyl sites for hydroxylation is 1. The Balaban J connectivity index is 1.87. The Labute approximate surface area is 170 Å². The highest BCUT2D eigenvalue weighted by molar-refractivity contribution is 6.03. The number of pyridine rings is 1. The minimum atomic E-state index is -0.591. The summed E-state index contributed by atoms with van der Waals surface area (Å²) >= 11 is 0. The standard InChI is InChI=1S/C23H17N3O4/c1-13-9-10-24-12-18(13)14-3-8-19-17(11-14)21-20(22(27)30-19)25-23(28)26(21)15-4-6-16(29-2)7-5-15/h3-12H,1-2H3,(H,25,28). The number of methoxy groups -OCH3 is 1. The lowest BCUT2D eigenvalue weighted by Gasteiger charge is -2.09. The summed E-state index contributed by atoms with van der Waals surface area (Å²) < 4.78 is 12.1. The number of ether oxygens (including phenoxy) is 1. The fourth-order valence-electron chi connectivity index (χ4n) is 3.70. The van der Waals surface area contributed by atoms with Crippen molar-refractivity contribution in [2.24, 2.45) is 0 Å². The third kappa shape index (κ3) is 2.71. The second kappa shape index (κ2) is 6.73. The van der Waals surface area contributed by atoms with E-state index < -0.39 is 11.3 Å². The largest absolute Gasteiger partial charge is 0.497 e. The molecule has 0 saturated heterocycles. The van der Waals surface area contributed by atoms with E-state index in [4.69, 9.17) is 9.15 Å². The first-order chi connectivity index (χ1) is 14.6. The van der Waals surface area contributed by atoms with Crippen LogP contribution in [0.1, 0.15) is 5.56 Å². The van der Waals surface area contributed by atoms with E-state index in [1.54, 1.807) is 49.8 Å². The van der Waals surface area contributed by atoms with Gasteiger partial charge in [-0.05, 0) is 60.5 Å². The average Bonchev–Trinajstić information content (AvgIpc) is 3.12. The van der Waals surface area contributed by atoms with E-state index in [-0.39, 0.29) is 5.52 Å². The van der Waals surface area contributed by atoms with E-state index in [1.807, 2.05) is 25.1 Å². The fourth-order valence-corrected chi connectivity index (χ4v) is 3.70. The maximum absolute atomic E-state index is 12.8. The molecule has 5 rings (SSSR count). The van der Waals surface area contributed by atoms with Crippen LogP contribution in [0, 0.1) is 6.92 Å². The monoisotopic (exact) mass is 399 g/mol. The van der Waals surface area contributed by atoms with Crippen molar-refractivity contribution in [3.05, 3.63) is 87.4 Å². The molecule has 148 valence electrons. The maximum atomic E-state index is 12.8. The Hall–Kier alpha value is -4.13. The van der Waals surface area contributed by atoms with E-state index in [0.717, 1.165) is 16.7 Å². The lowest BCUT2D eigenvalue weighted by molar-refractivity contribution is 0.414. The van der Waals surface area contributed by atoms with Gasteiger partial charge in [0.2, 0.25) is 0 Å². The molecule has 0 amide bonds. The molecule has 5 aromatic rings. The Bertz CT molecular complexity index is 1520. The molecule has 0 radical (unpaired) electrons. The van der Waals surface area contributed by atoms with E-state index in [0.29, 0.717) is 27.9 Å². The summed E-state index contributed by atoms with van der Waals surface area (Å²) in [6.45, 7) is 2.01. The minimum absolute atomic E-state index is 0.128. The maximum Gasteiger partial charge on any atom is 0.362 e. The van der Waals surface area contributed by atoms with Gasteiger partial charge in [-0.25, -0.2) is 9.59 Å². The number of benzene rings is 2. The molecule has 3 aromatic heterocycles. The van der Waals surface area contributed by atoms with Gasteiger partial charge in [0, 0.05) is 23.3 Å². The van der Waals surface area contributed by atoms with Gasteiger partial charge in [0.25, 0.3) is 0 Å². The van der Waals surface area contributed by atoms with Crippen molar-refractivity contribution < 1.29 is 9.15 Å². The van der Waals surface area contributed by atoms with Crippen molar-refractivity contribution in [1.82, 2.24) is 14.5 Å². The van der Waals surface area contributed by atoms with Crippen molar-refractivity contribution >= 4 is 22.0 Å². The summed E-state index contributed by atoms with van der Waals surface area (Å²) in [4.78, 5) is 32.2. The number of aromatic amines is 1. The molecule has 0 aliphatic rings. The van der Waals surface area contributed by atoms with Crippen LogP contribution in [0.4, 0.5) is 0 Å². The van der Waals surface area contributed by atoms with Crippen LogP contribution < -0.4 is 16.1 Å². The third-order valence-corrected chi connectivity index (χ3v) is 5.22. The number of H-pyrrole nitrogens is 1.